The summed E-state index contributed by atoms with van der Waals surface area (Å²) in [5.74, 6) is 0. The summed E-state index contributed by atoms with van der Waals surface area (Å²) in [7, 11) is 4.86. The minimum atomic E-state index is 1.47. The fourth-order valence-electron chi connectivity index (χ4n) is 0.104. The molecule has 0 aromatic heterocycles. The van der Waals surface area contributed by atoms with E-state index in [2.05, 4.69) is 17.3 Å². The SMILES string of the molecule is B=BB=NOC. The molecule has 0 amide bonds. The van der Waals surface area contributed by atoms with E-state index in [4.69, 9.17) is 0 Å². The van der Waals surface area contributed by atoms with Crippen LogP contribution in [0.5, 0.6) is 0 Å². The molecule has 6 heavy (non-hydrogen) atoms. The molecule has 0 aromatic rings. The van der Waals surface area contributed by atoms with Crippen molar-refractivity contribution in [2.24, 2.45) is 5.06 Å². The van der Waals surface area contributed by atoms with Gasteiger partial charge in [0.1, 0.15) is 0 Å². The number of hydrogen-bond acceptors (Lipinski definition) is 2. The molecule has 0 radical (unpaired) electrons. The second-order valence-electron chi connectivity index (χ2n) is 0.673. The van der Waals surface area contributed by atoms with Gasteiger partial charge in [0.05, 0.1) is 0 Å². The fourth-order valence-corrected chi connectivity index (χ4v) is 0.104. The van der Waals surface area contributed by atoms with Crippen LogP contribution in [0.3, 0.4) is 0 Å². The van der Waals surface area contributed by atoms with Crippen molar-refractivity contribution >= 4 is 21.0 Å². The quantitative estimate of drug-likeness (QED) is 0.303. The van der Waals surface area contributed by atoms with Gasteiger partial charge in [-0.05, 0) is 0 Å². The van der Waals surface area contributed by atoms with Gasteiger partial charge in [-0.1, -0.05) is 0 Å². The van der Waals surface area contributed by atoms with Gasteiger partial charge in [-0.2, -0.15) is 0 Å². The molecule has 0 rings (SSSR count). The Morgan fingerprint density at radius 1 is 1.83 bits per heavy atom. The van der Waals surface area contributed by atoms with Crippen LogP contribution in [0.1, 0.15) is 0 Å². The Bertz CT molecular complexity index is 61.8. The summed E-state index contributed by atoms with van der Waals surface area (Å²) in [6.45, 7) is 3.02. The average Bonchev–Trinajstić information content (AvgIpc) is 1.61. The van der Waals surface area contributed by atoms with Crippen molar-refractivity contribution in [1.82, 2.24) is 0 Å². The molecule has 0 bridgehead atoms. The maximum absolute atomic E-state index is 4.28. The van der Waals surface area contributed by atoms with Crippen LogP contribution in [-0.2, 0) is 4.84 Å². The van der Waals surface area contributed by atoms with E-state index in [1.54, 1.807) is 6.69 Å². The second-order valence-corrected chi connectivity index (χ2v) is 0.673. The molecule has 0 aliphatic heterocycles. The Morgan fingerprint density at radius 3 is 2.67 bits per heavy atom. The molecule has 2 nitrogen and oxygen atoms in total. The second kappa shape index (κ2) is 4.79. The van der Waals surface area contributed by atoms with Crippen LogP contribution in [0.2, 0.25) is 0 Å². The van der Waals surface area contributed by atoms with Crippen molar-refractivity contribution in [3.63, 3.8) is 0 Å². The van der Waals surface area contributed by atoms with E-state index in [9.17, 15) is 0 Å². The van der Waals surface area contributed by atoms with E-state index in [-0.39, 0.29) is 0 Å². The summed E-state index contributed by atoms with van der Waals surface area (Å²) < 4.78 is 0. The maximum atomic E-state index is 4.28. The van der Waals surface area contributed by atoms with E-state index in [0.717, 1.165) is 0 Å². The Balaban J connectivity index is 2.94. The topological polar surface area (TPSA) is 21.6 Å². The van der Waals surface area contributed by atoms with Crippen LogP contribution in [-0.4, -0.2) is 28.1 Å². The molecule has 0 fully saturated rings. The molecule has 0 unspecified atom stereocenters. The third-order valence-corrected chi connectivity index (χ3v) is 0.272. The van der Waals surface area contributed by atoms with E-state index >= 15 is 0 Å². The first kappa shape index (κ1) is 5.79. The summed E-state index contributed by atoms with van der Waals surface area (Å²) in [5.41, 5.74) is 0. The zero-order valence-corrected chi connectivity index (χ0v) is 3.72. The Labute approximate surface area is 39.1 Å². The number of hydrogen-bond donors (Lipinski definition) is 0. The molecule has 0 aliphatic carbocycles. The van der Waals surface area contributed by atoms with Gasteiger partial charge in [-0.25, -0.2) is 0 Å². The molecule has 0 spiro atoms. The zero-order chi connectivity index (χ0) is 4.83. The van der Waals surface area contributed by atoms with E-state index in [1.165, 1.54) is 14.1 Å². The van der Waals surface area contributed by atoms with Crippen LogP contribution in [0.4, 0.5) is 0 Å². The predicted molar refractivity (Wildman–Crippen MR) is 28.1 cm³/mol. The van der Waals surface area contributed by atoms with E-state index in [0.29, 0.717) is 0 Å². The third-order valence-electron chi connectivity index (χ3n) is 0.272. The van der Waals surface area contributed by atoms with Crippen molar-refractivity contribution in [2.75, 3.05) is 7.11 Å². The summed E-state index contributed by atoms with van der Waals surface area (Å²) in [6.07, 6.45) is 0. The van der Waals surface area contributed by atoms with E-state index in [1.807, 2.05) is 0 Å². The zero-order valence-electron chi connectivity index (χ0n) is 3.72. The van der Waals surface area contributed by atoms with Gasteiger partial charge in [0.15, 0.2) is 0 Å². The van der Waals surface area contributed by atoms with Gasteiger partial charge < -0.3 is 0 Å². The first-order valence-electron chi connectivity index (χ1n) is 1.59. The number of rotatable bonds is 2. The van der Waals surface area contributed by atoms with Crippen LogP contribution in [0.15, 0.2) is 5.06 Å². The van der Waals surface area contributed by atoms with Gasteiger partial charge in [-0.15, -0.1) is 0 Å². The molecule has 0 aliphatic rings. The molecular weight excluding hydrogens is 74.5 g/mol. The standard InChI is InChI=1S/CH4B3NO/c1-6-5-4-3-2/h2H,1H3. The Hall–Kier alpha value is -0.205. The van der Waals surface area contributed by atoms with Gasteiger partial charge in [0.2, 0.25) is 0 Å². The van der Waals surface area contributed by atoms with Crippen molar-refractivity contribution in [2.45, 2.75) is 0 Å². The minimum absolute atomic E-state index is 1.47. The van der Waals surface area contributed by atoms with Crippen molar-refractivity contribution < 1.29 is 4.84 Å². The summed E-state index contributed by atoms with van der Waals surface area (Å²) in [6, 6.07) is 0. The molecule has 0 atom stereocenters. The van der Waals surface area contributed by atoms with Crippen molar-refractivity contribution in [3.8, 4) is 0 Å². The molecule has 5 heteroatoms. The molecule has 0 heterocycles. The summed E-state index contributed by atoms with van der Waals surface area (Å²) in [4.78, 5) is 4.28. The average molecular weight is 78.5 g/mol. The fraction of sp³-hybridized carbons (Fsp3) is 1.00. The van der Waals surface area contributed by atoms with Crippen LogP contribution in [0, 0.1) is 0 Å². The molecule has 0 saturated heterocycles. The van der Waals surface area contributed by atoms with E-state index < -0.39 is 0 Å². The molecule has 28 valence electrons. The first-order valence-corrected chi connectivity index (χ1v) is 1.59. The number of nitrogens with zero attached hydrogens (tertiary/aromatic N) is 1. The van der Waals surface area contributed by atoms with Crippen LogP contribution >= 0.6 is 0 Å². The van der Waals surface area contributed by atoms with Gasteiger partial charge in [0, 0.05) is 0 Å². The van der Waals surface area contributed by atoms with Gasteiger partial charge in [0.25, 0.3) is 0 Å². The molecule has 0 aromatic carbocycles. The summed E-state index contributed by atoms with van der Waals surface area (Å²) in [5, 5.41) is 3.35. The first-order chi connectivity index (χ1) is 2.91. The summed E-state index contributed by atoms with van der Waals surface area (Å²) >= 11 is 0. The van der Waals surface area contributed by atoms with Gasteiger partial charge >= 0.3 is 38.0 Å². The Kier molecular flexibility index (Phi) is 4.63. The van der Waals surface area contributed by atoms with Gasteiger partial charge in [-0.3, -0.25) is 0 Å². The van der Waals surface area contributed by atoms with Crippen molar-refractivity contribution in [3.05, 3.63) is 0 Å². The normalized spacial score (nSPS) is 6.67. The Morgan fingerprint density at radius 2 is 2.50 bits per heavy atom. The van der Waals surface area contributed by atoms with Crippen LogP contribution < -0.4 is 0 Å². The third kappa shape index (κ3) is 3.79. The molecule has 0 saturated carbocycles. The van der Waals surface area contributed by atoms with Crippen molar-refractivity contribution in [1.29, 1.82) is 0 Å². The molecular formula is CH4B3NO. The van der Waals surface area contributed by atoms with Crippen LogP contribution in [0.25, 0.3) is 0 Å². The predicted octanol–water partition coefficient (Wildman–Crippen LogP) is -1.13. The monoisotopic (exact) mass is 79.1 g/mol. The molecule has 0 N–H and O–H groups in total.